The second-order valence-electron chi connectivity index (χ2n) is 7.89. The quantitative estimate of drug-likeness (QED) is 0.742. The van der Waals surface area contributed by atoms with Crippen LogP contribution in [-0.4, -0.2) is 55.6 Å². The van der Waals surface area contributed by atoms with Crippen molar-refractivity contribution in [3.05, 3.63) is 65.7 Å². The molecular formula is C24H31N3O3. The molecule has 1 heterocycles. The molecule has 30 heavy (non-hydrogen) atoms. The molecule has 6 nitrogen and oxygen atoms in total. The first-order chi connectivity index (χ1) is 14.4. The van der Waals surface area contributed by atoms with Gasteiger partial charge in [0.05, 0.1) is 24.8 Å². The summed E-state index contributed by atoms with van der Waals surface area (Å²) in [6, 6.07) is 17.5. The van der Waals surface area contributed by atoms with Gasteiger partial charge in [0.1, 0.15) is 0 Å². The zero-order chi connectivity index (χ0) is 21.7. The highest BCUT2D eigenvalue weighted by atomic mass is 16.5. The number of nitrogens with zero attached hydrogens (tertiary/aromatic N) is 2. The molecule has 0 spiro atoms. The summed E-state index contributed by atoms with van der Waals surface area (Å²) in [6.07, 6.45) is 0. The van der Waals surface area contributed by atoms with Crippen LogP contribution in [0, 0.1) is 0 Å². The lowest BCUT2D eigenvalue weighted by Gasteiger charge is -2.43. The maximum Gasteiger partial charge on any atom is 0.337 e. The number of benzene rings is 2. The Hall–Kier alpha value is -2.86. The molecule has 2 aromatic rings. The molecule has 6 heteroatoms. The average Bonchev–Trinajstić information content (AvgIpc) is 2.78. The third-order valence-corrected chi connectivity index (χ3v) is 5.87. The summed E-state index contributed by atoms with van der Waals surface area (Å²) in [4.78, 5) is 29.0. The molecule has 1 N–H and O–H groups in total. The van der Waals surface area contributed by atoms with Gasteiger partial charge < -0.3 is 15.0 Å². The number of hydrogen-bond donors (Lipinski definition) is 1. The number of piperazine rings is 1. The van der Waals surface area contributed by atoms with Crippen LogP contribution in [0.25, 0.3) is 0 Å². The van der Waals surface area contributed by atoms with Crippen molar-refractivity contribution >= 4 is 17.6 Å². The van der Waals surface area contributed by atoms with E-state index in [2.05, 4.69) is 22.0 Å². The van der Waals surface area contributed by atoms with E-state index in [1.165, 1.54) is 7.11 Å². The highest BCUT2D eigenvalue weighted by molar-refractivity contribution is 5.89. The largest absolute Gasteiger partial charge is 0.465 e. The number of hydrogen-bond acceptors (Lipinski definition) is 5. The van der Waals surface area contributed by atoms with Crippen LogP contribution < -0.4 is 10.2 Å². The van der Waals surface area contributed by atoms with Crippen LogP contribution in [0.3, 0.4) is 0 Å². The molecule has 3 unspecified atom stereocenters. The van der Waals surface area contributed by atoms with Crippen molar-refractivity contribution < 1.29 is 14.3 Å². The van der Waals surface area contributed by atoms with Crippen molar-refractivity contribution in [2.75, 3.05) is 31.6 Å². The summed E-state index contributed by atoms with van der Waals surface area (Å²) in [7, 11) is 1.38. The van der Waals surface area contributed by atoms with Crippen LogP contribution in [0.15, 0.2) is 54.6 Å². The molecule has 1 aliphatic heterocycles. The zero-order valence-corrected chi connectivity index (χ0v) is 18.2. The number of nitrogens with one attached hydrogen (secondary N) is 1. The maximum atomic E-state index is 12.8. The normalized spacial score (nSPS) is 19.1. The lowest BCUT2D eigenvalue weighted by molar-refractivity contribution is -0.127. The van der Waals surface area contributed by atoms with Crippen molar-refractivity contribution in [2.24, 2.45) is 0 Å². The monoisotopic (exact) mass is 409 g/mol. The number of carbonyl (C=O) groups is 2. The van der Waals surface area contributed by atoms with E-state index in [4.69, 9.17) is 4.74 Å². The summed E-state index contributed by atoms with van der Waals surface area (Å²) >= 11 is 0. The number of carbonyl (C=O) groups excluding carboxylic acids is 2. The van der Waals surface area contributed by atoms with Crippen molar-refractivity contribution in [2.45, 2.75) is 38.9 Å². The summed E-state index contributed by atoms with van der Waals surface area (Å²) in [5.41, 5.74) is 2.72. The van der Waals surface area contributed by atoms with Gasteiger partial charge in [0.2, 0.25) is 5.91 Å². The Morgan fingerprint density at radius 2 is 1.70 bits per heavy atom. The lowest BCUT2D eigenvalue weighted by atomic mass is 10.1. The molecule has 0 radical (unpaired) electrons. The molecule has 1 fully saturated rings. The molecule has 160 valence electrons. The van der Waals surface area contributed by atoms with E-state index in [0.717, 1.165) is 30.9 Å². The molecule has 3 atom stereocenters. The highest BCUT2D eigenvalue weighted by Gasteiger charge is 2.31. The second-order valence-corrected chi connectivity index (χ2v) is 7.89. The van der Waals surface area contributed by atoms with E-state index < -0.39 is 0 Å². The fraction of sp³-hybridized carbons (Fsp3) is 0.417. The smallest absolute Gasteiger partial charge is 0.337 e. The van der Waals surface area contributed by atoms with Crippen molar-refractivity contribution in [1.82, 2.24) is 10.2 Å². The van der Waals surface area contributed by atoms with Crippen LogP contribution >= 0.6 is 0 Å². The number of ether oxygens (including phenoxy) is 1. The second kappa shape index (κ2) is 9.76. The Labute approximate surface area is 178 Å². The van der Waals surface area contributed by atoms with Gasteiger partial charge in [0.15, 0.2) is 0 Å². The number of anilines is 1. The summed E-state index contributed by atoms with van der Waals surface area (Å²) < 4.78 is 4.76. The minimum absolute atomic E-state index is 0.0222. The molecule has 0 bridgehead atoms. The van der Waals surface area contributed by atoms with E-state index in [0.29, 0.717) is 5.56 Å². The molecule has 2 aromatic carbocycles. The Balaban J connectivity index is 1.57. The molecule has 3 rings (SSSR count). The number of methoxy groups -OCH3 is 1. The average molecular weight is 410 g/mol. The first-order valence-corrected chi connectivity index (χ1v) is 10.4. The molecule has 1 amide bonds. The van der Waals surface area contributed by atoms with Crippen LogP contribution in [0.5, 0.6) is 0 Å². The Morgan fingerprint density at radius 1 is 1.03 bits per heavy atom. The van der Waals surface area contributed by atoms with Gasteiger partial charge >= 0.3 is 5.97 Å². The van der Waals surface area contributed by atoms with E-state index in [1.54, 1.807) is 12.1 Å². The summed E-state index contributed by atoms with van der Waals surface area (Å²) in [5.74, 6) is -0.279. The number of esters is 1. The SMILES string of the molecule is COC(=O)c1ccc(N2CCN(C(C)C(=O)NC(C)c3ccccc3)C(C)C2)cc1. The lowest BCUT2D eigenvalue weighted by Crippen LogP contribution is -2.58. The Kier molecular flexibility index (Phi) is 7.11. The van der Waals surface area contributed by atoms with Crippen molar-refractivity contribution in [1.29, 1.82) is 0 Å². The van der Waals surface area contributed by atoms with Gasteiger partial charge in [-0.3, -0.25) is 9.69 Å². The van der Waals surface area contributed by atoms with Crippen LogP contribution in [0.1, 0.15) is 42.7 Å². The first-order valence-electron chi connectivity index (χ1n) is 10.4. The van der Waals surface area contributed by atoms with E-state index in [-0.39, 0.29) is 30.0 Å². The van der Waals surface area contributed by atoms with Gasteiger partial charge in [0.25, 0.3) is 0 Å². The molecule has 1 aliphatic rings. The molecule has 0 aromatic heterocycles. The van der Waals surface area contributed by atoms with Gasteiger partial charge in [-0.1, -0.05) is 30.3 Å². The number of rotatable bonds is 6. The minimum Gasteiger partial charge on any atom is -0.465 e. The van der Waals surface area contributed by atoms with Crippen LogP contribution in [0.2, 0.25) is 0 Å². The third-order valence-electron chi connectivity index (χ3n) is 5.87. The predicted molar refractivity (Wildman–Crippen MR) is 119 cm³/mol. The minimum atomic E-state index is -0.329. The van der Waals surface area contributed by atoms with E-state index in [1.807, 2.05) is 56.3 Å². The fourth-order valence-corrected chi connectivity index (χ4v) is 4.02. The standard InChI is InChI=1S/C24H31N3O3/c1-17-16-26(22-12-10-21(11-13-22)24(29)30-4)14-15-27(17)19(3)23(28)25-18(2)20-8-6-5-7-9-20/h5-13,17-19H,14-16H2,1-4H3,(H,25,28). The fourth-order valence-electron chi connectivity index (χ4n) is 4.02. The molecule has 1 saturated heterocycles. The van der Waals surface area contributed by atoms with Crippen molar-refractivity contribution in [3.8, 4) is 0 Å². The maximum absolute atomic E-state index is 12.8. The van der Waals surface area contributed by atoms with Gasteiger partial charge in [-0.2, -0.15) is 0 Å². The predicted octanol–water partition coefficient (Wildman–Crippen LogP) is 3.25. The topological polar surface area (TPSA) is 61.9 Å². The summed E-state index contributed by atoms with van der Waals surface area (Å²) in [5, 5.41) is 3.14. The van der Waals surface area contributed by atoms with Gasteiger partial charge in [-0.05, 0) is 50.6 Å². The van der Waals surface area contributed by atoms with Gasteiger partial charge in [0, 0.05) is 31.4 Å². The van der Waals surface area contributed by atoms with Crippen LogP contribution in [-0.2, 0) is 9.53 Å². The number of amides is 1. The molecule has 0 saturated carbocycles. The molecule has 0 aliphatic carbocycles. The van der Waals surface area contributed by atoms with Crippen LogP contribution in [0.4, 0.5) is 5.69 Å². The van der Waals surface area contributed by atoms with E-state index in [9.17, 15) is 9.59 Å². The first kappa shape index (κ1) is 21.8. The van der Waals surface area contributed by atoms with Gasteiger partial charge in [-0.15, -0.1) is 0 Å². The zero-order valence-electron chi connectivity index (χ0n) is 18.2. The summed E-state index contributed by atoms with van der Waals surface area (Å²) in [6.45, 7) is 8.59. The highest BCUT2D eigenvalue weighted by Crippen LogP contribution is 2.22. The molecular weight excluding hydrogens is 378 g/mol. The Bertz CT molecular complexity index is 854. The van der Waals surface area contributed by atoms with Gasteiger partial charge in [-0.25, -0.2) is 4.79 Å². The van der Waals surface area contributed by atoms with E-state index >= 15 is 0 Å². The third kappa shape index (κ3) is 5.00. The van der Waals surface area contributed by atoms with Crippen molar-refractivity contribution in [3.63, 3.8) is 0 Å². The Morgan fingerprint density at radius 3 is 2.30 bits per heavy atom.